The Bertz CT molecular complexity index is 1310. The minimum absolute atomic E-state index is 0.0749. The third-order valence-corrected chi connectivity index (χ3v) is 5.47. The lowest BCUT2D eigenvalue weighted by Crippen LogP contribution is -2.38. The van der Waals surface area contributed by atoms with Crippen LogP contribution in [-0.2, 0) is 13.0 Å². The number of carbonyl (C=O) groups excluding carboxylic acids is 1. The molecule has 0 saturated heterocycles. The summed E-state index contributed by atoms with van der Waals surface area (Å²) in [5.74, 6) is 0.315. The summed E-state index contributed by atoms with van der Waals surface area (Å²) in [5.41, 5.74) is 1.31. The Balaban J connectivity index is 1.57. The van der Waals surface area contributed by atoms with Crippen LogP contribution in [0.25, 0.3) is 21.7 Å². The monoisotopic (exact) mass is 390 g/mol. The van der Waals surface area contributed by atoms with Crippen molar-refractivity contribution in [1.82, 2.24) is 9.88 Å². The van der Waals surface area contributed by atoms with Crippen LogP contribution in [0.5, 0.6) is 0 Å². The van der Waals surface area contributed by atoms with Gasteiger partial charge in [-0.05, 0) is 30.0 Å². The van der Waals surface area contributed by atoms with Crippen LogP contribution in [0, 0.1) is 0 Å². The quantitative estimate of drug-likeness (QED) is 0.489. The first kappa shape index (κ1) is 17.0. The van der Waals surface area contributed by atoms with E-state index < -0.39 is 0 Å². The van der Waals surface area contributed by atoms with Crippen LogP contribution in [-0.4, -0.2) is 22.3 Å². The van der Waals surface area contributed by atoms with Gasteiger partial charge in [0.15, 0.2) is 11.0 Å². The average molecular weight is 391 g/mol. The second-order valence-corrected chi connectivity index (χ2v) is 7.21. The maximum absolute atomic E-state index is 13.2. The minimum Gasteiger partial charge on any atom is -0.457 e. The summed E-state index contributed by atoms with van der Waals surface area (Å²) < 4.78 is 5.95. The molecule has 5 nitrogen and oxygen atoms in total. The standard InChI is InChI=1S/C22H15ClN2O3/c23-17-7-3-6-16-20(26)15-9-11-25(12-18(15)28-21(16)17)22(27)19-14-5-2-1-4-13(14)8-10-24-19/h1-8,10H,9,11-12H2. The first-order valence-corrected chi connectivity index (χ1v) is 9.37. The van der Waals surface area contributed by atoms with Gasteiger partial charge in [0.05, 0.1) is 17.0 Å². The highest BCUT2D eigenvalue weighted by Gasteiger charge is 2.28. The molecule has 0 atom stereocenters. The number of halogens is 1. The molecule has 138 valence electrons. The Morgan fingerprint density at radius 3 is 2.79 bits per heavy atom. The van der Waals surface area contributed by atoms with Crippen LogP contribution in [0.1, 0.15) is 21.8 Å². The second-order valence-electron chi connectivity index (χ2n) is 6.81. The van der Waals surface area contributed by atoms with E-state index in [0.717, 1.165) is 10.8 Å². The summed E-state index contributed by atoms with van der Waals surface area (Å²) in [6.07, 6.45) is 2.08. The molecule has 1 amide bonds. The number of benzene rings is 2. The molecule has 0 spiro atoms. The molecule has 0 aliphatic carbocycles. The Labute approximate surface area is 165 Å². The average Bonchev–Trinajstić information content (AvgIpc) is 2.73. The van der Waals surface area contributed by atoms with E-state index in [1.165, 1.54) is 0 Å². The number of pyridine rings is 1. The van der Waals surface area contributed by atoms with Crippen LogP contribution in [0.4, 0.5) is 0 Å². The fourth-order valence-electron chi connectivity index (χ4n) is 3.76. The van der Waals surface area contributed by atoms with Crippen molar-refractivity contribution in [1.29, 1.82) is 0 Å². The molecule has 1 aliphatic heterocycles. The van der Waals surface area contributed by atoms with Gasteiger partial charge in [-0.1, -0.05) is 41.9 Å². The van der Waals surface area contributed by atoms with Crippen molar-refractivity contribution in [2.45, 2.75) is 13.0 Å². The van der Waals surface area contributed by atoms with Gasteiger partial charge in [-0.2, -0.15) is 0 Å². The third-order valence-electron chi connectivity index (χ3n) is 5.18. The van der Waals surface area contributed by atoms with Crippen molar-refractivity contribution in [3.63, 3.8) is 0 Å². The second kappa shape index (κ2) is 6.46. The van der Waals surface area contributed by atoms with Crippen LogP contribution < -0.4 is 5.43 Å². The van der Waals surface area contributed by atoms with Gasteiger partial charge >= 0.3 is 0 Å². The van der Waals surface area contributed by atoms with Crippen molar-refractivity contribution in [3.05, 3.63) is 87.0 Å². The Kier molecular flexibility index (Phi) is 3.91. The summed E-state index contributed by atoms with van der Waals surface area (Å²) in [5, 5.41) is 2.63. The van der Waals surface area contributed by atoms with E-state index >= 15 is 0 Å². The van der Waals surface area contributed by atoms with Crippen LogP contribution in [0.2, 0.25) is 5.02 Å². The zero-order chi connectivity index (χ0) is 19.3. The van der Waals surface area contributed by atoms with E-state index in [1.54, 1.807) is 29.3 Å². The number of fused-ring (bicyclic) bond motifs is 3. The molecule has 3 heterocycles. The summed E-state index contributed by atoms with van der Waals surface area (Å²) in [6, 6.07) is 14.7. The lowest BCUT2D eigenvalue weighted by atomic mass is 10.0. The van der Waals surface area contributed by atoms with Gasteiger partial charge in [0.2, 0.25) is 0 Å². The molecule has 0 saturated carbocycles. The number of nitrogens with zero attached hydrogens (tertiary/aromatic N) is 2. The van der Waals surface area contributed by atoms with Crippen LogP contribution in [0.3, 0.4) is 0 Å². The molecular formula is C22H15ClN2O3. The largest absolute Gasteiger partial charge is 0.457 e. The molecule has 0 fully saturated rings. The highest BCUT2D eigenvalue weighted by molar-refractivity contribution is 6.34. The van der Waals surface area contributed by atoms with Gasteiger partial charge < -0.3 is 9.32 Å². The van der Waals surface area contributed by atoms with E-state index in [4.69, 9.17) is 16.0 Å². The number of hydrogen-bond donors (Lipinski definition) is 0. The summed E-state index contributed by atoms with van der Waals surface area (Å²) >= 11 is 6.21. The minimum atomic E-state index is -0.177. The predicted octanol–water partition coefficient (Wildman–Crippen LogP) is 4.19. The van der Waals surface area contributed by atoms with Crippen molar-refractivity contribution >= 4 is 39.2 Å². The zero-order valence-corrected chi connectivity index (χ0v) is 15.6. The fraction of sp³-hybridized carbons (Fsp3) is 0.136. The van der Waals surface area contributed by atoms with Crippen molar-refractivity contribution in [3.8, 4) is 0 Å². The molecule has 2 aromatic carbocycles. The number of amides is 1. The summed E-state index contributed by atoms with van der Waals surface area (Å²) in [6.45, 7) is 0.656. The van der Waals surface area contributed by atoms with E-state index in [-0.39, 0.29) is 17.9 Å². The van der Waals surface area contributed by atoms with Gasteiger partial charge in [-0.3, -0.25) is 14.6 Å². The maximum atomic E-state index is 13.2. The molecule has 28 heavy (non-hydrogen) atoms. The lowest BCUT2D eigenvalue weighted by molar-refractivity contribution is 0.0715. The highest BCUT2D eigenvalue weighted by atomic mass is 35.5. The smallest absolute Gasteiger partial charge is 0.273 e. The van der Waals surface area contributed by atoms with E-state index in [9.17, 15) is 9.59 Å². The number of rotatable bonds is 1. The third kappa shape index (κ3) is 2.59. The Hall–Kier alpha value is -3.18. The Morgan fingerprint density at radius 1 is 1.07 bits per heavy atom. The fourth-order valence-corrected chi connectivity index (χ4v) is 3.97. The molecule has 0 N–H and O–H groups in total. The lowest BCUT2D eigenvalue weighted by Gasteiger charge is -2.27. The van der Waals surface area contributed by atoms with Crippen molar-refractivity contribution in [2.75, 3.05) is 6.54 Å². The molecule has 0 unspecified atom stereocenters. The number of aromatic nitrogens is 1. The van der Waals surface area contributed by atoms with E-state index in [2.05, 4.69) is 4.98 Å². The first-order valence-electron chi connectivity index (χ1n) is 8.99. The zero-order valence-electron chi connectivity index (χ0n) is 14.8. The first-order chi connectivity index (χ1) is 13.6. The SMILES string of the molecule is O=C(c1nccc2ccccc12)N1CCc2c(oc3c(Cl)cccc3c2=O)C1. The topological polar surface area (TPSA) is 63.4 Å². The molecule has 5 rings (SSSR count). The maximum Gasteiger partial charge on any atom is 0.273 e. The summed E-state index contributed by atoms with van der Waals surface area (Å²) in [4.78, 5) is 32.0. The van der Waals surface area contributed by atoms with Gasteiger partial charge in [0.1, 0.15) is 11.5 Å². The normalized spacial score (nSPS) is 13.7. The molecule has 0 bridgehead atoms. The molecular weight excluding hydrogens is 376 g/mol. The van der Waals surface area contributed by atoms with E-state index in [1.807, 2.05) is 30.3 Å². The van der Waals surface area contributed by atoms with Crippen molar-refractivity contribution in [2.24, 2.45) is 0 Å². The number of hydrogen-bond acceptors (Lipinski definition) is 4. The molecule has 1 aliphatic rings. The van der Waals surface area contributed by atoms with Crippen molar-refractivity contribution < 1.29 is 9.21 Å². The van der Waals surface area contributed by atoms with Gasteiger partial charge in [-0.15, -0.1) is 0 Å². The summed E-state index contributed by atoms with van der Waals surface area (Å²) in [7, 11) is 0. The molecule has 2 aromatic heterocycles. The highest BCUT2D eigenvalue weighted by Crippen LogP contribution is 2.27. The van der Waals surface area contributed by atoms with Gasteiger partial charge in [-0.25, -0.2) is 0 Å². The van der Waals surface area contributed by atoms with E-state index in [0.29, 0.717) is 46.0 Å². The van der Waals surface area contributed by atoms with Crippen LogP contribution in [0.15, 0.2) is 63.9 Å². The van der Waals surface area contributed by atoms with Crippen LogP contribution >= 0.6 is 11.6 Å². The van der Waals surface area contributed by atoms with Gasteiger partial charge in [0.25, 0.3) is 5.91 Å². The Morgan fingerprint density at radius 2 is 1.89 bits per heavy atom. The predicted molar refractivity (Wildman–Crippen MR) is 108 cm³/mol. The van der Waals surface area contributed by atoms with Gasteiger partial charge in [0, 0.05) is 23.7 Å². The molecule has 6 heteroatoms. The molecule has 4 aromatic rings. The number of carbonyl (C=O) groups is 1. The molecule has 0 radical (unpaired) electrons. The number of para-hydroxylation sites is 1.